The van der Waals surface area contributed by atoms with Gasteiger partial charge in [0.25, 0.3) is 5.91 Å². The molecule has 0 saturated carbocycles. The van der Waals surface area contributed by atoms with Gasteiger partial charge in [0, 0.05) is 17.3 Å². The van der Waals surface area contributed by atoms with Gasteiger partial charge in [-0.05, 0) is 36.4 Å². The highest BCUT2D eigenvalue weighted by Gasteiger charge is 2.09. The maximum atomic E-state index is 12.3. The Morgan fingerprint density at radius 3 is 2.39 bits per heavy atom. The predicted octanol–water partition coefficient (Wildman–Crippen LogP) is 4.01. The van der Waals surface area contributed by atoms with Crippen LogP contribution < -0.4 is 10.1 Å². The zero-order valence-electron chi connectivity index (χ0n) is 12.7. The normalized spacial score (nSPS) is 10.1. The van der Waals surface area contributed by atoms with Crippen molar-refractivity contribution < 1.29 is 9.53 Å². The molecule has 0 bridgehead atoms. The largest absolute Gasteiger partial charge is 0.495 e. The second kappa shape index (κ2) is 6.75. The molecule has 2 aromatic carbocycles. The van der Waals surface area contributed by atoms with Gasteiger partial charge in [-0.1, -0.05) is 30.3 Å². The summed E-state index contributed by atoms with van der Waals surface area (Å²) < 4.78 is 5.24. The third-order valence-corrected chi connectivity index (χ3v) is 3.46. The number of ether oxygens (including phenoxy) is 1. The number of hydrogen-bond acceptors (Lipinski definition) is 3. The minimum absolute atomic E-state index is 0.179. The number of para-hydroxylation sites is 2. The molecule has 0 atom stereocenters. The smallest absolute Gasteiger partial charge is 0.255 e. The second-order valence-electron chi connectivity index (χ2n) is 4.95. The number of amides is 1. The number of anilines is 1. The maximum Gasteiger partial charge on any atom is 0.255 e. The molecule has 1 heterocycles. The Labute approximate surface area is 134 Å². The summed E-state index contributed by atoms with van der Waals surface area (Å²) in [5.74, 6) is 0.452. The van der Waals surface area contributed by atoms with Crippen LogP contribution in [0.5, 0.6) is 5.75 Å². The SMILES string of the molecule is COc1ccccc1NC(=O)c1ccc(-c2ccccn2)cc1. The van der Waals surface area contributed by atoms with Crippen molar-refractivity contribution >= 4 is 11.6 Å². The summed E-state index contributed by atoms with van der Waals surface area (Å²) in [6, 6.07) is 20.4. The van der Waals surface area contributed by atoms with E-state index in [1.54, 1.807) is 37.6 Å². The average Bonchev–Trinajstić information content (AvgIpc) is 2.63. The molecule has 0 spiro atoms. The minimum atomic E-state index is -0.179. The summed E-state index contributed by atoms with van der Waals surface area (Å²) in [4.78, 5) is 16.6. The molecule has 4 heteroatoms. The topological polar surface area (TPSA) is 51.2 Å². The van der Waals surface area contributed by atoms with Crippen molar-refractivity contribution in [2.24, 2.45) is 0 Å². The fraction of sp³-hybridized carbons (Fsp3) is 0.0526. The van der Waals surface area contributed by atoms with Gasteiger partial charge in [0.05, 0.1) is 18.5 Å². The quantitative estimate of drug-likeness (QED) is 0.792. The highest BCUT2D eigenvalue weighted by molar-refractivity contribution is 6.05. The van der Waals surface area contributed by atoms with Gasteiger partial charge in [-0.15, -0.1) is 0 Å². The molecule has 0 radical (unpaired) electrons. The van der Waals surface area contributed by atoms with Crippen molar-refractivity contribution in [3.63, 3.8) is 0 Å². The van der Waals surface area contributed by atoms with Crippen LogP contribution in [-0.4, -0.2) is 18.0 Å². The third-order valence-electron chi connectivity index (χ3n) is 3.46. The number of carbonyl (C=O) groups excluding carboxylic acids is 1. The summed E-state index contributed by atoms with van der Waals surface area (Å²) in [6.45, 7) is 0. The number of hydrogen-bond donors (Lipinski definition) is 1. The number of rotatable bonds is 4. The lowest BCUT2D eigenvalue weighted by molar-refractivity contribution is 0.102. The Kier molecular flexibility index (Phi) is 4.34. The summed E-state index contributed by atoms with van der Waals surface area (Å²) >= 11 is 0. The number of methoxy groups -OCH3 is 1. The van der Waals surface area contributed by atoms with Crippen molar-refractivity contribution in [3.05, 3.63) is 78.5 Å². The van der Waals surface area contributed by atoms with Crippen LogP contribution >= 0.6 is 0 Å². The van der Waals surface area contributed by atoms with E-state index < -0.39 is 0 Å². The first kappa shape index (κ1) is 14.8. The zero-order valence-corrected chi connectivity index (χ0v) is 12.7. The van der Waals surface area contributed by atoms with Gasteiger partial charge in [0.1, 0.15) is 5.75 Å². The first-order valence-electron chi connectivity index (χ1n) is 7.24. The number of pyridine rings is 1. The minimum Gasteiger partial charge on any atom is -0.495 e. The summed E-state index contributed by atoms with van der Waals surface area (Å²) in [6.07, 6.45) is 1.75. The van der Waals surface area contributed by atoms with E-state index in [-0.39, 0.29) is 5.91 Å². The number of nitrogens with one attached hydrogen (secondary N) is 1. The molecule has 0 fully saturated rings. The highest BCUT2D eigenvalue weighted by atomic mass is 16.5. The van der Waals surface area contributed by atoms with Crippen LogP contribution in [0.15, 0.2) is 72.9 Å². The van der Waals surface area contributed by atoms with E-state index >= 15 is 0 Å². The molecule has 0 aliphatic carbocycles. The first-order chi connectivity index (χ1) is 11.3. The van der Waals surface area contributed by atoms with Gasteiger partial charge in [-0.2, -0.15) is 0 Å². The van der Waals surface area contributed by atoms with Crippen LogP contribution in [0.2, 0.25) is 0 Å². The molecular weight excluding hydrogens is 288 g/mol. The van der Waals surface area contributed by atoms with Gasteiger partial charge >= 0.3 is 0 Å². The highest BCUT2D eigenvalue weighted by Crippen LogP contribution is 2.24. The van der Waals surface area contributed by atoms with Gasteiger partial charge in [-0.3, -0.25) is 9.78 Å². The number of aromatic nitrogens is 1. The van der Waals surface area contributed by atoms with Crippen LogP contribution in [0.1, 0.15) is 10.4 Å². The van der Waals surface area contributed by atoms with Crippen molar-refractivity contribution in [3.8, 4) is 17.0 Å². The molecule has 1 N–H and O–H groups in total. The number of carbonyl (C=O) groups is 1. The van der Waals surface area contributed by atoms with Crippen LogP contribution in [0, 0.1) is 0 Å². The Morgan fingerprint density at radius 1 is 0.957 bits per heavy atom. The summed E-state index contributed by atoms with van der Waals surface area (Å²) in [5, 5.41) is 2.86. The van der Waals surface area contributed by atoms with Crippen molar-refractivity contribution in [1.29, 1.82) is 0 Å². The molecule has 3 aromatic rings. The van der Waals surface area contributed by atoms with E-state index in [1.165, 1.54) is 0 Å². The fourth-order valence-electron chi connectivity index (χ4n) is 2.27. The van der Waals surface area contributed by atoms with E-state index in [1.807, 2.05) is 42.5 Å². The number of nitrogens with zero attached hydrogens (tertiary/aromatic N) is 1. The van der Waals surface area contributed by atoms with E-state index in [0.29, 0.717) is 17.0 Å². The van der Waals surface area contributed by atoms with Gasteiger partial charge in [-0.25, -0.2) is 0 Å². The molecule has 0 aliphatic rings. The molecular formula is C19H16N2O2. The first-order valence-corrected chi connectivity index (χ1v) is 7.24. The van der Waals surface area contributed by atoms with Crippen molar-refractivity contribution in [1.82, 2.24) is 4.98 Å². The maximum absolute atomic E-state index is 12.3. The molecule has 23 heavy (non-hydrogen) atoms. The van der Waals surface area contributed by atoms with Crippen LogP contribution in [-0.2, 0) is 0 Å². The number of benzene rings is 2. The Balaban J connectivity index is 1.78. The summed E-state index contributed by atoms with van der Waals surface area (Å²) in [7, 11) is 1.58. The molecule has 3 rings (SSSR count). The molecule has 4 nitrogen and oxygen atoms in total. The monoisotopic (exact) mass is 304 g/mol. The average molecular weight is 304 g/mol. The molecule has 0 aliphatic heterocycles. The van der Waals surface area contributed by atoms with E-state index in [2.05, 4.69) is 10.3 Å². The Hall–Kier alpha value is -3.14. The van der Waals surface area contributed by atoms with Crippen molar-refractivity contribution in [2.45, 2.75) is 0 Å². The van der Waals surface area contributed by atoms with E-state index in [9.17, 15) is 4.79 Å². The Morgan fingerprint density at radius 2 is 1.70 bits per heavy atom. The third kappa shape index (κ3) is 3.37. The van der Waals surface area contributed by atoms with Crippen LogP contribution in [0.25, 0.3) is 11.3 Å². The standard InChI is InChI=1S/C19H16N2O2/c1-23-18-8-3-2-7-17(18)21-19(22)15-11-9-14(10-12-15)16-6-4-5-13-20-16/h2-13H,1H3,(H,21,22). The van der Waals surface area contributed by atoms with E-state index in [0.717, 1.165) is 11.3 Å². The van der Waals surface area contributed by atoms with E-state index in [4.69, 9.17) is 4.74 Å². The van der Waals surface area contributed by atoms with Crippen LogP contribution in [0.4, 0.5) is 5.69 Å². The molecule has 0 unspecified atom stereocenters. The lowest BCUT2D eigenvalue weighted by Gasteiger charge is -2.10. The molecule has 1 aromatic heterocycles. The lowest BCUT2D eigenvalue weighted by Crippen LogP contribution is -2.12. The Bertz CT molecular complexity index is 799. The molecule has 114 valence electrons. The molecule has 1 amide bonds. The lowest BCUT2D eigenvalue weighted by atomic mass is 10.1. The molecule has 0 saturated heterocycles. The van der Waals surface area contributed by atoms with Crippen molar-refractivity contribution in [2.75, 3.05) is 12.4 Å². The van der Waals surface area contributed by atoms with Crippen LogP contribution in [0.3, 0.4) is 0 Å². The summed E-state index contributed by atoms with van der Waals surface area (Å²) in [5.41, 5.74) is 3.08. The van der Waals surface area contributed by atoms with Gasteiger partial charge in [0.15, 0.2) is 0 Å². The second-order valence-corrected chi connectivity index (χ2v) is 4.95. The van der Waals surface area contributed by atoms with Gasteiger partial charge < -0.3 is 10.1 Å². The van der Waals surface area contributed by atoms with Gasteiger partial charge in [0.2, 0.25) is 0 Å². The predicted molar refractivity (Wildman–Crippen MR) is 90.6 cm³/mol. The zero-order chi connectivity index (χ0) is 16.1. The fourth-order valence-corrected chi connectivity index (χ4v) is 2.27.